The molecule has 0 saturated carbocycles. The number of fused-ring (bicyclic) bond motifs is 1. The Morgan fingerprint density at radius 2 is 1.94 bits per heavy atom. The van der Waals surface area contributed by atoms with Gasteiger partial charge in [0.05, 0.1) is 11.5 Å². The molecular formula is C13H8IrNO2-. The number of hydrogen-bond donors (Lipinski definition) is 0. The van der Waals surface area contributed by atoms with Crippen molar-refractivity contribution in [1.29, 1.82) is 0 Å². The van der Waals surface area contributed by atoms with Gasteiger partial charge in [-0.2, -0.15) is 0 Å². The molecule has 4 heteroatoms. The molecule has 3 nitrogen and oxygen atoms in total. The molecule has 87 valence electrons. The van der Waals surface area contributed by atoms with Crippen LogP contribution in [0.25, 0.3) is 11.3 Å². The van der Waals surface area contributed by atoms with E-state index in [4.69, 9.17) is 9.47 Å². The fraction of sp³-hybridized carbons (Fsp3) is 0. The first kappa shape index (κ1) is 11.8. The van der Waals surface area contributed by atoms with E-state index in [9.17, 15) is 0 Å². The van der Waals surface area contributed by atoms with Crippen molar-refractivity contribution >= 4 is 0 Å². The zero-order valence-electron chi connectivity index (χ0n) is 8.72. The van der Waals surface area contributed by atoms with E-state index in [1.54, 1.807) is 12.3 Å². The van der Waals surface area contributed by atoms with Crippen LogP contribution in [-0.2, 0) is 20.1 Å². The van der Waals surface area contributed by atoms with Crippen LogP contribution in [0.5, 0.6) is 11.5 Å². The summed E-state index contributed by atoms with van der Waals surface area (Å²) < 4.78 is 10.8. The van der Waals surface area contributed by atoms with Crippen molar-refractivity contribution in [1.82, 2.24) is 4.98 Å². The van der Waals surface area contributed by atoms with Crippen molar-refractivity contribution in [2.45, 2.75) is 0 Å². The van der Waals surface area contributed by atoms with Crippen LogP contribution in [0.3, 0.4) is 0 Å². The second kappa shape index (κ2) is 5.13. The molecule has 2 heterocycles. The van der Waals surface area contributed by atoms with Gasteiger partial charge in [0.25, 0.3) is 0 Å². The summed E-state index contributed by atoms with van der Waals surface area (Å²) in [6, 6.07) is 12.4. The van der Waals surface area contributed by atoms with Gasteiger partial charge in [-0.25, -0.2) is 0 Å². The summed E-state index contributed by atoms with van der Waals surface area (Å²) in [5.41, 5.74) is 1.63. The van der Waals surface area contributed by atoms with Gasteiger partial charge in [-0.15, -0.1) is 12.1 Å². The number of nitrogens with zero attached hydrogens (tertiary/aromatic N) is 1. The predicted molar refractivity (Wildman–Crippen MR) is 58.9 cm³/mol. The van der Waals surface area contributed by atoms with Crippen molar-refractivity contribution in [2.24, 2.45) is 0 Å². The van der Waals surface area contributed by atoms with Gasteiger partial charge in [0.2, 0.25) is 0 Å². The number of rotatable bonds is 1. The summed E-state index contributed by atoms with van der Waals surface area (Å²) in [5.74, 6) is 1.34. The molecule has 0 bridgehead atoms. The van der Waals surface area contributed by atoms with Crippen LogP contribution in [0.1, 0.15) is 0 Å². The minimum Gasteiger partial charge on any atom is -0.502 e. The predicted octanol–water partition coefficient (Wildman–Crippen LogP) is 2.79. The topological polar surface area (TPSA) is 31.4 Å². The van der Waals surface area contributed by atoms with Gasteiger partial charge >= 0.3 is 0 Å². The van der Waals surface area contributed by atoms with E-state index in [-0.39, 0.29) is 20.1 Å². The zero-order chi connectivity index (χ0) is 10.8. The van der Waals surface area contributed by atoms with Gasteiger partial charge in [0.15, 0.2) is 0 Å². The van der Waals surface area contributed by atoms with Crippen molar-refractivity contribution in [2.75, 3.05) is 0 Å². The monoisotopic (exact) mass is 403 g/mol. The molecule has 1 aromatic carbocycles. The standard InChI is InChI=1S/C13H8NO2.Ir/c1-2-7-14-11(5-1)10-4-3-6-12-13(10)16-9-8-15-12;/h1-3,5-9H;/q-1;. The number of aromatic nitrogens is 1. The Hall–Kier alpha value is -1.64. The molecule has 3 rings (SSSR count). The summed E-state index contributed by atoms with van der Waals surface area (Å²) in [6.45, 7) is 0. The smallest absolute Gasteiger partial charge is 0.123 e. The van der Waals surface area contributed by atoms with Crippen LogP contribution in [-0.4, -0.2) is 4.98 Å². The molecule has 1 radical (unpaired) electrons. The third kappa shape index (κ3) is 2.23. The van der Waals surface area contributed by atoms with E-state index < -0.39 is 0 Å². The normalized spacial score (nSPS) is 11.8. The molecule has 0 amide bonds. The van der Waals surface area contributed by atoms with Crippen LogP contribution < -0.4 is 9.47 Å². The molecule has 0 aliphatic carbocycles. The second-order valence-electron chi connectivity index (χ2n) is 3.27. The summed E-state index contributed by atoms with van der Waals surface area (Å²) >= 11 is 0. The summed E-state index contributed by atoms with van der Waals surface area (Å²) in [4.78, 5) is 4.27. The van der Waals surface area contributed by atoms with E-state index in [1.807, 2.05) is 24.3 Å². The van der Waals surface area contributed by atoms with Gasteiger partial charge in [-0.1, -0.05) is 23.8 Å². The van der Waals surface area contributed by atoms with Gasteiger partial charge < -0.3 is 14.5 Å². The molecule has 0 atom stereocenters. The van der Waals surface area contributed by atoms with E-state index >= 15 is 0 Å². The largest absolute Gasteiger partial charge is 0.502 e. The Morgan fingerprint density at radius 3 is 2.76 bits per heavy atom. The average molecular weight is 402 g/mol. The van der Waals surface area contributed by atoms with Gasteiger partial charge in [0.1, 0.15) is 12.5 Å². The van der Waals surface area contributed by atoms with Crippen LogP contribution in [0.4, 0.5) is 0 Å². The zero-order valence-corrected chi connectivity index (χ0v) is 11.1. The third-order valence-electron chi connectivity index (χ3n) is 2.27. The molecule has 1 aliphatic rings. The van der Waals surface area contributed by atoms with Crippen LogP contribution in [0, 0.1) is 6.07 Å². The van der Waals surface area contributed by atoms with Crippen LogP contribution >= 0.6 is 0 Å². The maximum absolute atomic E-state index is 5.43. The van der Waals surface area contributed by atoms with Crippen molar-refractivity contribution in [3.63, 3.8) is 0 Å². The third-order valence-corrected chi connectivity index (χ3v) is 2.27. The SMILES string of the molecule is [Ir].[c-]1ccc2c(c1-c1ccccn1)OC=CO2. The van der Waals surface area contributed by atoms with E-state index in [2.05, 4.69) is 11.1 Å². The molecule has 17 heavy (non-hydrogen) atoms. The minimum atomic E-state index is 0. The Kier molecular flexibility index (Phi) is 3.57. The molecule has 2 aromatic rings. The first-order chi connectivity index (χ1) is 7.95. The van der Waals surface area contributed by atoms with E-state index in [1.165, 1.54) is 12.5 Å². The molecule has 1 aliphatic heterocycles. The van der Waals surface area contributed by atoms with E-state index in [0.717, 1.165) is 11.3 Å². The van der Waals surface area contributed by atoms with Crippen molar-refractivity contribution in [3.05, 3.63) is 55.1 Å². The number of pyridine rings is 1. The first-order valence-electron chi connectivity index (χ1n) is 4.89. The van der Waals surface area contributed by atoms with Crippen molar-refractivity contribution in [3.8, 4) is 22.8 Å². The molecular weight excluding hydrogens is 394 g/mol. The molecule has 0 saturated heterocycles. The number of ether oxygens (including phenoxy) is 2. The summed E-state index contributed by atoms with van der Waals surface area (Å²) in [6.07, 6.45) is 4.75. The maximum atomic E-state index is 5.43. The maximum Gasteiger partial charge on any atom is 0.123 e. The Bertz CT molecular complexity index is 540. The Morgan fingerprint density at radius 1 is 1.06 bits per heavy atom. The average Bonchev–Trinajstić information content (AvgIpc) is 2.39. The van der Waals surface area contributed by atoms with Gasteiger partial charge in [-0.05, 0) is 11.8 Å². The van der Waals surface area contributed by atoms with Crippen molar-refractivity contribution < 1.29 is 29.6 Å². The Balaban J connectivity index is 0.00000108. The van der Waals surface area contributed by atoms with E-state index in [0.29, 0.717) is 11.5 Å². The molecule has 0 fully saturated rings. The Labute approximate surface area is 112 Å². The molecule has 1 aromatic heterocycles. The minimum absolute atomic E-state index is 0. The number of benzene rings is 1. The fourth-order valence-corrected chi connectivity index (χ4v) is 1.57. The van der Waals surface area contributed by atoms with Crippen LogP contribution in [0.2, 0.25) is 0 Å². The molecule has 0 spiro atoms. The summed E-state index contributed by atoms with van der Waals surface area (Å²) in [7, 11) is 0. The second-order valence-corrected chi connectivity index (χ2v) is 3.27. The van der Waals surface area contributed by atoms with Gasteiger partial charge in [-0.3, -0.25) is 0 Å². The van der Waals surface area contributed by atoms with Crippen LogP contribution in [0.15, 0.2) is 49.1 Å². The number of hydrogen-bond acceptors (Lipinski definition) is 3. The summed E-state index contributed by atoms with van der Waals surface area (Å²) in [5, 5.41) is 0. The van der Waals surface area contributed by atoms with Gasteiger partial charge in [0, 0.05) is 26.3 Å². The quantitative estimate of drug-likeness (QED) is 0.688. The first-order valence-corrected chi connectivity index (χ1v) is 4.89. The molecule has 0 unspecified atom stereocenters. The molecule has 0 N–H and O–H groups in total. The fourth-order valence-electron chi connectivity index (χ4n) is 1.57.